The molecule has 2 N–H and O–H groups in total. The summed E-state index contributed by atoms with van der Waals surface area (Å²) in [5.74, 6) is 0.742. The monoisotopic (exact) mass is 299 g/mol. The Kier molecular flexibility index (Phi) is 6.10. The van der Waals surface area contributed by atoms with Gasteiger partial charge < -0.3 is 15.2 Å². The minimum Gasteiger partial charge on any atom is -0.493 e. The van der Waals surface area contributed by atoms with Gasteiger partial charge in [0.25, 0.3) is 0 Å². The van der Waals surface area contributed by atoms with Crippen molar-refractivity contribution < 1.29 is 9.47 Å². The van der Waals surface area contributed by atoms with Gasteiger partial charge in [-0.25, -0.2) is 0 Å². The molecule has 3 nitrogen and oxygen atoms in total. The van der Waals surface area contributed by atoms with Gasteiger partial charge in [0.15, 0.2) is 0 Å². The first-order valence-corrected chi connectivity index (χ1v) is 7.69. The third-order valence-electron chi connectivity index (χ3n) is 2.97. The molecule has 0 fully saturated rings. The van der Waals surface area contributed by atoms with Crippen LogP contribution < -0.4 is 10.5 Å². The van der Waals surface area contributed by atoms with Crippen LogP contribution in [0.15, 0.2) is 23.1 Å². The largest absolute Gasteiger partial charge is 0.493 e. The maximum Gasteiger partial charge on any atom is 0.130 e. The van der Waals surface area contributed by atoms with Gasteiger partial charge in [0.2, 0.25) is 0 Å². The highest BCUT2D eigenvalue weighted by atomic mass is 32.2. The van der Waals surface area contributed by atoms with E-state index in [1.54, 1.807) is 18.9 Å². The van der Waals surface area contributed by atoms with E-state index in [4.69, 9.17) is 27.4 Å². The molecule has 106 valence electrons. The first-order valence-electron chi connectivity index (χ1n) is 6.06. The zero-order chi connectivity index (χ0) is 14.5. The molecule has 0 saturated carbocycles. The van der Waals surface area contributed by atoms with Crippen LogP contribution in [0.5, 0.6) is 5.75 Å². The van der Waals surface area contributed by atoms with Gasteiger partial charge in [-0.2, -0.15) is 0 Å². The molecule has 0 aliphatic heterocycles. The Labute approximate surface area is 124 Å². The molecule has 1 rings (SSSR count). The minimum absolute atomic E-state index is 0.194. The third-order valence-corrected chi connectivity index (χ3v) is 3.95. The van der Waals surface area contributed by atoms with Crippen molar-refractivity contribution in [2.24, 2.45) is 5.73 Å². The van der Waals surface area contributed by atoms with Crippen LogP contribution in [0.2, 0.25) is 0 Å². The van der Waals surface area contributed by atoms with Gasteiger partial charge in [-0.05, 0) is 32.2 Å². The second-order valence-corrected chi connectivity index (χ2v) is 6.05. The molecule has 0 aromatic heterocycles. The number of hydrogen-bond acceptors (Lipinski definition) is 4. The lowest BCUT2D eigenvalue weighted by Gasteiger charge is -2.23. The highest BCUT2D eigenvalue weighted by molar-refractivity contribution is 7.98. The number of benzene rings is 1. The predicted molar refractivity (Wildman–Crippen MR) is 85.3 cm³/mol. The average molecular weight is 299 g/mol. The Morgan fingerprint density at radius 3 is 2.63 bits per heavy atom. The molecular weight excluding hydrogens is 278 g/mol. The minimum atomic E-state index is -0.194. The molecule has 5 heteroatoms. The van der Waals surface area contributed by atoms with E-state index in [0.717, 1.165) is 22.6 Å². The number of methoxy groups -OCH3 is 1. The fraction of sp³-hybridized carbons (Fsp3) is 0.500. The van der Waals surface area contributed by atoms with Crippen molar-refractivity contribution in [3.05, 3.63) is 23.8 Å². The van der Waals surface area contributed by atoms with Crippen LogP contribution >= 0.6 is 24.0 Å². The Balaban J connectivity index is 2.81. The van der Waals surface area contributed by atoms with Crippen LogP contribution in [0.4, 0.5) is 0 Å². The SMILES string of the molecule is COC(C)(C)CCOc1cccc(SC)c1C(N)=S. The second-order valence-electron chi connectivity index (χ2n) is 4.76. The van der Waals surface area contributed by atoms with E-state index in [0.29, 0.717) is 11.6 Å². The van der Waals surface area contributed by atoms with E-state index in [2.05, 4.69) is 0 Å². The summed E-state index contributed by atoms with van der Waals surface area (Å²) >= 11 is 6.72. The van der Waals surface area contributed by atoms with Crippen LogP contribution in [0.3, 0.4) is 0 Å². The number of thiocarbonyl (C=S) groups is 1. The lowest BCUT2D eigenvalue weighted by atomic mass is 10.1. The van der Waals surface area contributed by atoms with Gasteiger partial charge in [0.05, 0.1) is 17.8 Å². The van der Waals surface area contributed by atoms with Crippen LogP contribution in [-0.4, -0.2) is 30.6 Å². The molecule has 0 amide bonds. The van der Waals surface area contributed by atoms with Gasteiger partial charge in [0.1, 0.15) is 10.7 Å². The molecule has 0 heterocycles. The predicted octanol–water partition coefficient (Wildman–Crippen LogP) is 3.24. The van der Waals surface area contributed by atoms with Crippen molar-refractivity contribution in [3.8, 4) is 5.75 Å². The summed E-state index contributed by atoms with van der Waals surface area (Å²) in [4.78, 5) is 1.40. The maximum absolute atomic E-state index is 5.82. The van der Waals surface area contributed by atoms with Crippen molar-refractivity contribution in [1.82, 2.24) is 0 Å². The fourth-order valence-corrected chi connectivity index (χ4v) is 2.46. The molecule has 0 spiro atoms. The molecular formula is C14H21NO2S2. The molecule has 1 aromatic rings. The summed E-state index contributed by atoms with van der Waals surface area (Å²) < 4.78 is 11.2. The summed E-state index contributed by atoms with van der Waals surface area (Å²) in [6, 6.07) is 5.84. The topological polar surface area (TPSA) is 44.5 Å². The van der Waals surface area contributed by atoms with Gasteiger partial charge in [-0.15, -0.1) is 11.8 Å². The normalized spacial score (nSPS) is 11.4. The van der Waals surface area contributed by atoms with Crippen LogP contribution in [0.25, 0.3) is 0 Å². The summed E-state index contributed by atoms with van der Waals surface area (Å²) in [5.41, 5.74) is 6.41. The Bertz CT molecular complexity index is 447. The van der Waals surface area contributed by atoms with E-state index in [9.17, 15) is 0 Å². The molecule has 0 radical (unpaired) electrons. The first-order chi connectivity index (χ1) is 8.91. The fourth-order valence-electron chi connectivity index (χ4n) is 1.55. The summed E-state index contributed by atoms with van der Waals surface area (Å²) in [7, 11) is 1.70. The molecule has 19 heavy (non-hydrogen) atoms. The molecule has 0 atom stereocenters. The summed E-state index contributed by atoms with van der Waals surface area (Å²) in [6.07, 6.45) is 2.79. The molecule has 0 saturated heterocycles. The van der Waals surface area contributed by atoms with E-state index in [-0.39, 0.29) is 5.60 Å². The van der Waals surface area contributed by atoms with Crippen LogP contribution in [0.1, 0.15) is 25.8 Å². The number of rotatable bonds is 7. The van der Waals surface area contributed by atoms with Gasteiger partial charge in [0, 0.05) is 18.4 Å². The Morgan fingerprint density at radius 1 is 1.42 bits per heavy atom. The summed E-state index contributed by atoms with van der Waals surface area (Å²) in [5, 5.41) is 0. The van der Waals surface area contributed by atoms with Crippen molar-refractivity contribution >= 4 is 29.0 Å². The zero-order valence-electron chi connectivity index (χ0n) is 11.9. The first kappa shape index (κ1) is 16.3. The maximum atomic E-state index is 5.82. The van der Waals surface area contributed by atoms with Crippen LogP contribution in [0, 0.1) is 0 Å². The Hall–Kier alpha value is -0.780. The molecule has 0 bridgehead atoms. The molecule has 0 aliphatic rings. The number of thioether (sulfide) groups is 1. The lowest BCUT2D eigenvalue weighted by molar-refractivity contribution is 0.00542. The van der Waals surface area contributed by atoms with Crippen molar-refractivity contribution in [2.75, 3.05) is 20.0 Å². The molecule has 1 aromatic carbocycles. The third kappa shape index (κ3) is 4.67. The number of ether oxygens (including phenoxy) is 2. The standard InChI is InChI=1S/C14H21NO2S2/c1-14(2,16-3)8-9-17-10-6-5-7-11(19-4)12(10)13(15)18/h5-7H,8-9H2,1-4H3,(H2,15,18). The Morgan fingerprint density at radius 2 is 2.11 bits per heavy atom. The van der Waals surface area contributed by atoms with E-state index >= 15 is 0 Å². The van der Waals surface area contributed by atoms with Crippen molar-refractivity contribution in [2.45, 2.75) is 30.8 Å². The van der Waals surface area contributed by atoms with Crippen molar-refractivity contribution in [1.29, 1.82) is 0 Å². The highest BCUT2D eigenvalue weighted by Crippen LogP contribution is 2.29. The van der Waals surface area contributed by atoms with E-state index in [1.165, 1.54) is 0 Å². The lowest BCUT2D eigenvalue weighted by Crippen LogP contribution is -2.25. The smallest absolute Gasteiger partial charge is 0.130 e. The van der Waals surface area contributed by atoms with Gasteiger partial charge in [-0.1, -0.05) is 18.3 Å². The van der Waals surface area contributed by atoms with Gasteiger partial charge >= 0.3 is 0 Å². The van der Waals surface area contributed by atoms with E-state index < -0.39 is 0 Å². The second kappa shape index (κ2) is 7.12. The number of nitrogens with two attached hydrogens (primary N) is 1. The molecule has 0 aliphatic carbocycles. The number of hydrogen-bond donors (Lipinski definition) is 1. The quantitative estimate of drug-likeness (QED) is 0.618. The van der Waals surface area contributed by atoms with Crippen LogP contribution in [-0.2, 0) is 4.74 Å². The molecule has 0 unspecified atom stereocenters. The highest BCUT2D eigenvalue weighted by Gasteiger charge is 2.17. The van der Waals surface area contributed by atoms with E-state index in [1.807, 2.05) is 38.3 Å². The average Bonchev–Trinajstić information content (AvgIpc) is 2.37. The zero-order valence-corrected chi connectivity index (χ0v) is 13.5. The summed E-state index contributed by atoms with van der Waals surface area (Å²) in [6.45, 7) is 4.63. The van der Waals surface area contributed by atoms with Gasteiger partial charge in [-0.3, -0.25) is 0 Å². The van der Waals surface area contributed by atoms with Crippen molar-refractivity contribution in [3.63, 3.8) is 0 Å².